The second kappa shape index (κ2) is 22.0. The van der Waals surface area contributed by atoms with Crippen molar-refractivity contribution in [1.82, 2.24) is 16.0 Å². The fraction of sp³-hybridized carbons (Fsp3) is 0.424. The number of nitrogens with one attached hydrogen (secondary N) is 3. The van der Waals surface area contributed by atoms with Crippen LogP contribution in [0.2, 0.25) is 0 Å². The molecule has 0 saturated heterocycles. The van der Waals surface area contributed by atoms with Gasteiger partial charge in [0.2, 0.25) is 17.7 Å². The molecule has 0 aliphatic rings. The zero-order valence-corrected chi connectivity index (χ0v) is 27.6. The Bertz CT molecular complexity index is 1410. The Kier molecular flexibility index (Phi) is 17.7. The van der Waals surface area contributed by atoms with Crippen LogP contribution >= 0.6 is 0 Å². The first-order valence-corrected chi connectivity index (χ1v) is 15.5. The molecule has 1 unspecified atom stereocenters. The van der Waals surface area contributed by atoms with Crippen molar-refractivity contribution in [3.63, 3.8) is 0 Å². The van der Waals surface area contributed by atoms with Crippen LogP contribution in [0.4, 0.5) is 9.59 Å². The Morgan fingerprint density at radius 3 is 1.45 bits per heavy atom. The summed E-state index contributed by atoms with van der Waals surface area (Å²) in [5.41, 5.74) is 1.40. The third-order valence-electron chi connectivity index (χ3n) is 6.25. The number of carbonyl (C=O) groups excluding carboxylic acids is 7. The van der Waals surface area contributed by atoms with Crippen LogP contribution < -0.4 is 25.4 Å². The third kappa shape index (κ3) is 16.6. The van der Waals surface area contributed by atoms with Gasteiger partial charge in [-0.1, -0.05) is 45.0 Å². The van der Waals surface area contributed by atoms with Gasteiger partial charge in [-0.25, -0.2) is 9.59 Å². The molecule has 2 aromatic carbocycles. The number of esters is 2. The molecule has 0 aliphatic heterocycles. The third-order valence-corrected chi connectivity index (χ3v) is 6.25. The van der Waals surface area contributed by atoms with Crippen LogP contribution in [0.15, 0.2) is 48.5 Å². The quantitative estimate of drug-likeness (QED) is 0.0840. The fourth-order valence-corrected chi connectivity index (χ4v) is 3.61. The van der Waals surface area contributed by atoms with Crippen LogP contribution in [0.3, 0.4) is 0 Å². The topological polar surface area (TPSA) is 211 Å². The van der Waals surface area contributed by atoms with E-state index in [4.69, 9.17) is 28.4 Å². The average molecular weight is 688 g/mol. The number of hydrogen-bond donors (Lipinski definition) is 3. The van der Waals surface area contributed by atoms with Crippen molar-refractivity contribution >= 4 is 42.0 Å². The summed E-state index contributed by atoms with van der Waals surface area (Å²) < 4.78 is 30.1. The van der Waals surface area contributed by atoms with E-state index in [1.807, 2.05) is 0 Å². The Labute approximate surface area is 283 Å². The predicted molar refractivity (Wildman–Crippen MR) is 170 cm³/mol. The van der Waals surface area contributed by atoms with Crippen LogP contribution in [-0.4, -0.2) is 74.3 Å². The minimum absolute atomic E-state index is 0.0657. The Balaban J connectivity index is 1.69. The van der Waals surface area contributed by atoms with Crippen LogP contribution in [0, 0.1) is 0 Å². The minimum atomic E-state index is -1.23. The van der Waals surface area contributed by atoms with Gasteiger partial charge in [0.15, 0.2) is 0 Å². The summed E-state index contributed by atoms with van der Waals surface area (Å²) >= 11 is 0. The van der Waals surface area contributed by atoms with E-state index < -0.39 is 42.5 Å². The van der Waals surface area contributed by atoms with Gasteiger partial charge in [-0.3, -0.25) is 24.0 Å². The number of ether oxygens (including phenoxy) is 6. The Hall–Kier alpha value is -5.67. The van der Waals surface area contributed by atoms with Crippen LogP contribution in [0.1, 0.15) is 57.6 Å². The van der Waals surface area contributed by atoms with E-state index in [9.17, 15) is 33.6 Å². The maximum atomic E-state index is 12.7. The Morgan fingerprint density at radius 2 is 1.02 bits per heavy atom. The highest BCUT2D eigenvalue weighted by atomic mass is 16.7. The fourth-order valence-electron chi connectivity index (χ4n) is 3.61. The first-order valence-electron chi connectivity index (χ1n) is 15.5. The second-order valence-electron chi connectivity index (χ2n) is 10.0. The van der Waals surface area contributed by atoms with E-state index >= 15 is 0 Å². The lowest BCUT2D eigenvalue weighted by Gasteiger charge is -2.18. The normalized spacial score (nSPS) is 10.8. The first kappa shape index (κ1) is 39.5. The number of amides is 3. The molecule has 16 heteroatoms. The number of benzene rings is 2. The molecule has 266 valence electrons. The summed E-state index contributed by atoms with van der Waals surface area (Å²) in [6.07, 6.45) is -1.87. The summed E-state index contributed by atoms with van der Waals surface area (Å²) in [4.78, 5) is 83.6. The zero-order valence-electron chi connectivity index (χ0n) is 27.6. The van der Waals surface area contributed by atoms with Crippen molar-refractivity contribution in [3.8, 4) is 11.5 Å². The molecule has 2 rings (SSSR count). The zero-order chi connectivity index (χ0) is 36.0. The molecule has 0 aliphatic carbocycles. The number of carbonyl (C=O) groups is 7. The highest BCUT2D eigenvalue weighted by Crippen LogP contribution is 2.15. The van der Waals surface area contributed by atoms with E-state index in [1.54, 1.807) is 45.0 Å². The molecule has 1 atom stereocenters. The second-order valence-corrected chi connectivity index (χ2v) is 10.0. The maximum Gasteiger partial charge on any atom is 0.513 e. The van der Waals surface area contributed by atoms with Crippen molar-refractivity contribution in [2.75, 3.05) is 26.3 Å². The van der Waals surface area contributed by atoms with E-state index in [2.05, 4.69) is 16.0 Å². The average Bonchev–Trinajstić information content (AvgIpc) is 3.10. The smallest absolute Gasteiger partial charge is 0.461 e. The summed E-state index contributed by atoms with van der Waals surface area (Å²) in [5, 5.41) is 7.42. The molecule has 0 saturated carbocycles. The van der Waals surface area contributed by atoms with Crippen molar-refractivity contribution in [2.24, 2.45) is 0 Å². The van der Waals surface area contributed by atoms with Gasteiger partial charge < -0.3 is 44.4 Å². The number of hydrogen-bond acceptors (Lipinski definition) is 13. The summed E-state index contributed by atoms with van der Waals surface area (Å²) in [6, 6.07) is 11.3. The standard InChI is InChI=1S/C33H41N3O13/c1-4-27(37)36-26(31(41)35-16-18-45-33(43)49-25-13-9-23(10-14-25)21-47-30(40)6-3)19-28(38)34-15-17-44-32(42)48-24-11-7-22(8-12-24)20-46-29(39)5-2/h7-14,26H,4-6,15-21H2,1-3H3,(H,34,38)(H,35,41)(H,36,37). The highest BCUT2D eigenvalue weighted by molar-refractivity contribution is 5.92. The summed E-state index contributed by atoms with van der Waals surface area (Å²) in [6.45, 7) is 4.38. The predicted octanol–water partition coefficient (Wildman–Crippen LogP) is 2.84. The molecule has 0 heterocycles. The first-order chi connectivity index (χ1) is 23.5. The molecular formula is C33H41N3O13. The van der Waals surface area contributed by atoms with E-state index in [0.29, 0.717) is 11.1 Å². The molecule has 2 aromatic rings. The molecule has 16 nitrogen and oxygen atoms in total. The van der Waals surface area contributed by atoms with E-state index in [1.165, 1.54) is 24.3 Å². The van der Waals surface area contributed by atoms with Crippen LogP contribution in [-0.2, 0) is 56.1 Å². The van der Waals surface area contributed by atoms with Gasteiger partial charge in [-0.15, -0.1) is 0 Å². The highest BCUT2D eigenvalue weighted by Gasteiger charge is 2.23. The van der Waals surface area contributed by atoms with Gasteiger partial charge in [-0.2, -0.15) is 0 Å². The molecule has 0 fully saturated rings. The molecule has 0 aromatic heterocycles. The molecule has 0 spiro atoms. The monoisotopic (exact) mass is 687 g/mol. The molecule has 0 radical (unpaired) electrons. The van der Waals surface area contributed by atoms with Gasteiger partial charge in [0.25, 0.3) is 0 Å². The van der Waals surface area contributed by atoms with Gasteiger partial charge >= 0.3 is 24.2 Å². The lowest BCUT2D eigenvalue weighted by atomic mass is 10.1. The van der Waals surface area contributed by atoms with Crippen molar-refractivity contribution in [3.05, 3.63) is 59.7 Å². The van der Waals surface area contributed by atoms with E-state index in [-0.39, 0.29) is 82.2 Å². The van der Waals surface area contributed by atoms with Gasteiger partial charge in [0.1, 0.15) is 44.0 Å². The molecule has 49 heavy (non-hydrogen) atoms. The summed E-state index contributed by atoms with van der Waals surface area (Å²) in [5.74, 6) is -2.06. The minimum Gasteiger partial charge on any atom is -0.461 e. The molecule has 0 bridgehead atoms. The van der Waals surface area contributed by atoms with Crippen LogP contribution in [0.5, 0.6) is 11.5 Å². The van der Waals surface area contributed by atoms with Crippen LogP contribution in [0.25, 0.3) is 0 Å². The molecule has 3 N–H and O–H groups in total. The SMILES string of the molecule is CCC(=O)NC(CC(=O)NCCOC(=O)Oc1ccc(COC(=O)CC)cc1)C(=O)NCCOC(=O)Oc1ccc(COC(=O)CC)cc1. The van der Waals surface area contributed by atoms with Crippen molar-refractivity contribution in [1.29, 1.82) is 0 Å². The largest absolute Gasteiger partial charge is 0.513 e. The lowest BCUT2D eigenvalue weighted by molar-refractivity contribution is -0.145. The lowest BCUT2D eigenvalue weighted by Crippen LogP contribution is -2.49. The Morgan fingerprint density at radius 1 is 0.571 bits per heavy atom. The maximum absolute atomic E-state index is 12.7. The van der Waals surface area contributed by atoms with Crippen molar-refractivity contribution < 1.29 is 62.0 Å². The molecular weight excluding hydrogens is 646 g/mol. The van der Waals surface area contributed by atoms with Gasteiger partial charge in [0, 0.05) is 19.3 Å². The number of rotatable bonds is 19. The molecule has 3 amide bonds. The van der Waals surface area contributed by atoms with Gasteiger partial charge in [0.05, 0.1) is 19.5 Å². The summed E-state index contributed by atoms with van der Waals surface area (Å²) in [7, 11) is 0. The van der Waals surface area contributed by atoms with E-state index in [0.717, 1.165) is 0 Å². The van der Waals surface area contributed by atoms with Gasteiger partial charge in [-0.05, 0) is 35.4 Å². The van der Waals surface area contributed by atoms with Crippen molar-refractivity contribution in [2.45, 2.75) is 65.7 Å².